The highest BCUT2D eigenvalue weighted by molar-refractivity contribution is 7.80. The van der Waals surface area contributed by atoms with Gasteiger partial charge in [0.25, 0.3) is 0 Å². The minimum atomic E-state index is -1.62. The summed E-state index contributed by atoms with van der Waals surface area (Å²) < 4.78 is 58.5. The van der Waals surface area contributed by atoms with Crippen LogP contribution in [-0.2, 0) is 4.74 Å². The van der Waals surface area contributed by atoms with Crippen molar-refractivity contribution in [2.75, 3.05) is 17.7 Å². The number of rotatable bonds is 3. The van der Waals surface area contributed by atoms with E-state index in [4.69, 9.17) is 12.2 Å². The van der Waals surface area contributed by atoms with E-state index in [1.165, 1.54) is 7.11 Å². The lowest BCUT2D eigenvalue weighted by atomic mass is 10.1. The molecule has 134 valence electrons. The van der Waals surface area contributed by atoms with Crippen LogP contribution in [0.2, 0.25) is 0 Å². The first-order chi connectivity index (χ1) is 11.7. The third kappa shape index (κ3) is 3.74. The molecule has 0 saturated carbocycles. The number of hydrogen-bond acceptors (Lipinski definition) is 4. The van der Waals surface area contributed by atoms with Gasteiger partial charge in [-0.15, -0.1) is 11.3 Å². The summed E-state index contributed by atoms with van der Waals surface area (Å²) in [5, 5.41) is 4.58. The van der Waals surface area contributed by atoms with Crippen LogP contribution in [0.4, 0.5) is 28.3 Å². The number of thiophene rings is 1. The molecule has 1 aromatic carbocycles. The number of aryl methyl sites for hydroxylation is 1. The number of methoxy groups -OCH3 is 1. The van der Waals surface area contributed by atoms with Gasteiger partial charge in [0.05, 0.1) is 12.7 Å². The Hall–Kier alpha value is -2.20. The Kier molecular flexibility index (Phi) is 5.63. The molecule has 0 atom stereocenters. The number of nitrogens with one attached hydrogen (secondary N) is 2. The summed E-state index contributed by atoms with van der Waals surface area (Å²) in [6, 6.07) is 0.0909. The number of carbonyl (C=O) groups is 1. The van der Waals surface area contributed by atoms with Crippen LogP contribution in [0.3, 0.4) is 0 Å². The lowest BCUT2D eigenvalue weighted by molar-refractivity contribution is 0.0601. The summed E-state index contributed by atoms with van der Waals surface area (Å²) in [6.45, 7) is 3.45. The Labute approximate surface area is 149 Å². The van der Waals surface area contributed by atoms with E-state index in [1.54, 1.807) is 13.8 Å². The standard InChI is InChI=1S/C15H12F4N2O2S2/c1-5-6(2)25-13(9(5)14(22)23-3)21-15(24)20-12-10(18)7(16)4-8(17)11(12)19/h4H,1-3H3,(H2,20,21,24). The summed E-state index contributed by atoms with van der Waals surface area (Å²) in [5.41, 5.74) is -0.212. The molecule has 0 saturated heterocycles. The molecule has 0 aliphatic heterocycles. The number of ether oxygens (including phenoxy) is 1. The maximum absolute atomic E-state index is 13.7. The highest BCUT2D eigenvalue weighted by atomic mass is 32.1. The Bertz CT molecular complexity index is 842. The molecule has 1 aromatic heterocycles. The molecular weight excluding hydrogens is 380 g/mol. The molecule has 0 aliphatic carbocycles. The number of carbonyl (C=O) groups excluding carboxylic acids is 1. The van der Waals surface area contributed by atoms with Crippen molar-refractivity contribution < 1.29 is 27.1 Å². The molecule has 0 aliphatic rings. The lowest BCUT2D eigenvalue weighted by Crippen LogP contribution is -2.22. The predicted octanol–water partition coefficient (Wildman–Crippen LogP) is 4.52. The van der Waals surface area contributed by atoms with Gasteiger partial charge in [-0.25, -0.2) is 22.4 Å². The molecule has 0 bridgehead atoms. The van der Waals surface area contributed by atoms with Crippen LogP contribution in [-0.4, -0.2) is 18.2 Å². The second-order valence-electron chi connectivity index (χ2n) is 4.90. The van der Waals surface area contributed by atoms with Crippen LogP contribution in [0.15, 0.2) is 6.07 Å². The van der Waals surface area contributed by atoms with E-state index in [2.05, 4.69) is 15.4 Å². The van der Waals surface area contributed by atoms with Crippen LogP contribution < -0.4 is 10.6 Å². The molecule has 4 nitrogen and oxygen atoms in total. The first kappa shape index (κ1) is 19.1. The zero-order valence-electron chi connectivity index (χ0n) is 13.2. The normalized spacial score (nSPS) is 10.5. The van der Waals surface area contributed by atoms with Crippen molar-refractivity contribution in [3.8, 4) is 0 Å². The smallest absolute Gasteiger partial charge is 0.341 e. The average molecular weight is 392 g/mol. The lowest BCUT2D eigenvalue weighted by Gasteiger charge is -2.12. The Morgan fingerprint density at radius 3 is 2.20 bits per heavy atom. The summed E-state index contributed by atoms with van der Waals surface area (Å²) in [7, 11) is 1.20. The fraction of sp³-hybridized carbons (Fsp3) is 0.200. The van der Waals surface area contributed by atoms with Crippen LogP contribution >= 0.6 is 23.6 Å². The van der Waals surface area contributed by atoms with Crippen molar-refractivity contribution in [3.63, 3.8) is 0 Å². The van der Waals surface area contributed by atoms with E-state index >= 15 is 0 Å². The molecule has 2 N–H and O–H groups in total. The van der Waals surface area contributed by atoms with Gasteiger partial charge >= 0.3 is 5.97 Å². The monoisotopic (exact) mass is 392 g/mol. The van der Waals surface area contributed by atoms with Gasteiger partial charge in [0.15, 0.2) is 28.4 Å². The largest absolute Gasteiger partial charge is 0.465 e. The minimum Gasteiger partial charge on any atom is -0.465 e. The zero-order chi connectivity index (χ0) is 18.9. The van der Waals surface area contributed by atoms with E-state index in [0.29, 0.717) is 5.56 Å². The van der Waals surface area contributed by atoms with Crippen LogP contribution in [0, 0.1) is 37.1 Å². The van der Waals surface area contributed by atoms with E-state index in [1.807, 2.05) is 0 Å². The first-order valence-corrected chi connectivity index (χ1v) is 7.99. The zero-order valence-corrected chi connectivity index (χ0v) is 14.9. The first-order valence-electron chi connectivity index (χ1n) is 6.76. The average Bonchev–Trinajstić information content (AvgIpc) is 2.83. The van der Waals surface area contributed by atoms with Crippen molar-refractivity contribution in [1.82, 2.24) is 0 Å². The summed E-state index contributed by atoms with van der Waals surface area (Å²) in [4.78, 5) is 12.7. The Balaban J connectivity index is 2.31. The third-order valence-corrected chi connectivity index (χ3v) is 4.68. The number of esters is 1. The summed E-state index contributed by atoms with van der Waals surface area (Å²) in [5.74, 6) is -6.99. The molecule has 10 heteroatoms. The molecule has 0 unspecified atom stereocenters. The predicted molar refractivity (Wildman–Crippen MR) is 91.2 cm³/mol. The molecule has 0 amide bonds. The van der Waals surface area contributed by atoms with Crippen molar-refractivity contribution >= 4 is 45.3 Å². The Morgan fingerprint density at radius 1 is 1.12 bits per heavy atom. The maximum atomic E-state index is 13.7. The number of anilines is 2. The highest BCUT2D eigenvalue weighted by Gasteiger charge is 2.23. The van der Waals surface area contributed by atoms with Gasteiger partial charge in [-0.05, 0) is 31.6 Å². The van der Waals surface area contributed by atoms with E-state index in [9.17, 15) is 22.4 Å². The third-order valence-electron chi connectivity index (χ3n) is 3.35. The molecule has 0 fully saturated rings. The van der Waals surface area contributed by atoms with E-state index in [0.717, 1.165) is 16.2 Å². The molecule has 2 aromatic rings. The van der Waals surface area contributed by atoms with Gasteiger partial charge in [0.1, 0.15) is 10.7 Å². The molecule has 0 radical (unpaired) electrons. The number of benzene rings is 1. The van der Waals surface area contributed by atoms with Gasteiger partial charge in [-0.2, -0.15) is 0 Å². The summed E-state index contributed by atoms with van der Waals surface area (Å²) >= 11 is 6.08. The van der Waals surface area contributed by atoms with E-state index in [-0.39, 0.29) is 21.7 Å². The maximum Gasteiger partial charge on any atom is 0.341 e. The molecule has 2 rings (SSSR count). The SMILES string of the molecule is COC(=O)c1c(NC(=S)Nc2c(F)c(F)cc(F)c2F)sc(C)c1C. The van der Waals surface area contributed by atoms with Gasteiger partial charge in [-0.3, -0.25) is 0 Å². The van der Waals surface area contributed by atoms with Gasteiger partial charge in [-0.1, -0.05) is 0 Å². The van der Waals surface area contributed by atoms with Crippen molar-refractivity contribution in [1.29, 1.82) is 0 Å². The van der Waals surface area contributed by atoms with E-state index < -0.39 is 34.9 Å². The fourth-order valence-electron chi connectivity index (χ4n) is 1.99. The number of halogens is 4. The van der Waals surface area contributed by atoms with Crippen molar-refractivity contribution in [3.05, 3.63) is 45.3 Å². The van der Waals surface area contributed by atoms with Gasteiger partial charge in [0, 0.05) is 10.9 Å². The highest BCUT2D eigenvalue weighted by Crippen LogP contribution is 2.33. The quantitative estimate of drug-likeness (QED) is 0.348. The second-order valence-corrected chi connectivity index (χ2v) is 6.53. The van der Waals surface area contributed by atoms with Gasteiger partial charge in [0.2, 0.25) is 0 Å². The van der Waals surface area contributed by atoms with Crippen LogP contribution in [0.25, 0.3) is 0 Å². The van der Waals surface area contributed by atoms with Gasteiger partial charge < -0.3 is 15.4 Å². The topological polar surface area (TPSA) is 50.4 Å². The molecule has 25 heavy (non-hydrogen) atoms. The molecular formula is C15H12F4N2O2S2. The second kappa shape index (κ2) is 7.36. The minimum absolute atomic E-state index is 0.0909. The number of hydrogen-bond donors (Lipinski definition) is 2. The van der Waals surface area contributed by atoms with Crippen LogP contribution in [0.1, 0.15) is 20.8 Å². The van der Waals surface area contributed by atoms with Crippen LogP contribution in [0.5, 0.6) is 0 Å². The molecule has 1 heterocycles. The van der Waals surface area contributed by atoms with Crippen molar-refractivity contribution in [2.45, 2.75) is 13.8 Å². The Morgan fingerprint density at radius 2 is 1.68 bits per heavy atom. The van der Waals surface area contributed by atoms with Crippen molar-refractivity contribution in [2.24, 2.45) is 0 Å². The number of thiocarbonyl (C=S) groups is 1. The summed E-state index contributed by atoms with van der Waals surface area (Å²) in [6.07, 6.45) is 0. The molecule has 0 spiro atoms. The fourth-order valence-corrected chi connectivity index (χ4v) is 3.32.